The summed E-state index contributed by atoms with van der Waals surface area (Å²) in [4.78, 5) is 13.3. The van der Waals surface area contributed by atoms with Crippen molar-refractivity contribution in [2.75, 3.05) is 26.0 Å². The Kier molecular flexibility index (Phi) is 4.25. The number of hydrogen-bond acceptors (Lipinski definition) is 6. The highest BCUT2D eigenvalue weighted by molar-refractivity contribution is 7.89. The molecule has 8 nitrogen and oxygen atoms in total. The fourth-order valence-electron chi connectivity index (χ4n) is 2.83. The Morgan fingerprint density at radius 1 is 1.22 bits per heavy atom. The molecule has 0 saturated heterocycles. The summed E-state index contributed by atoms with van der Waals surface area (Å²) in [7, 11) is -0.502. The van der Waals surface area contributed by atoms with Crippen LogP contribution in [0.15, 0.2) is 58.8 Å². The maximum Gasteiger partial charge on any atom is 0.242 e. The lowest BCUT2D eigenvalue weighted by Gasteiger charge is -2.13. The van der Waals surface area contributed by atoms with Crippen molar-refractivity contribution in [3.63, 3.8) is 0 Å². The number of aliphatic imine (C=N–C) groups is 1. The van der Waals surface area contributed by atoms with Gasteiger partial charge >= 0.3 is 0 Å². The van der Waals surface area contributed by atoms with E-state index in [1.807, 2.05) is 22.9 Å². The van der Waals surface area contributed by atoms with E-state index in [0.29, 0.717) is 23.7 Å². The molecule has 27 heavy (non-hydrogen) atoms. The van der Waals surface area contributed by atoms with E-state index in [1.54, 1.807) is 36.7 Å². The summed E-state index contributed by atoms with van der Waals surface area (Å²) in [6.45, 7) is 0.673. The first-order valence-electron chi connectivity index (χ1n) is 8.29. The van der Waals surface area contributed by atoms with E-state index in [4.69, 9.17) is 0 Å². The summed E-state index contributed by atoms with van der Waals surface area (Å²) in [5.74, 6) is 0.540. The summed E-state index contributed by atoms with van der Waals surface area (Å²) in [6, 6.07) is 6.62. The molecular formula is C18H18N6O2S. The van der Waals surface area contributed by atoms with Crippen LogP contribution in [-0.2, 0) is 10.0 Å². The minimum Gasteiger partial charge on any atom is -0.337 e. The third kappa shape index (κ3) is 3.11. The Morgan fingerprint density at radius 3 is 2.81 bits per heavy atom. The van der Waals surface area contributed by atoms with Gasteiger partial charge in [0, 0.05) is 44.0 Å². The standard InChI is InChI=1S/C18H18N6O2S/c1-23(2)27(25,26)15-5-3-4-14(10-15)22-17-18-21-12-16(13-6-7-19-11-13)24(18)9-8-20-17/h3-6,8-12H,7H2,1-2H3,(H,20,22). The van der Waals surface area contributed by atoms with Gasteiger partial charge in [-0.05, 0) is 18.2 Å². The second-order valence-electron chi connectivity index (χ2n) is 6.21. The number of imidazole rings is 1. The number of allylic oxidation sites excluding steroid dienone is 1. The molecule has 3 aromatic rings. The van der Waals surface area contributed by atoms with E-state index in [9.17, 15) is 8.42 Å². The van der Waals surface area contributed by atoms with Crippen LogP contribution in [-0.4, -0.2) is 53.9 Å². The van der Waals surface area contributed by atoms with Crippen molar-refractivity contribution in [2.24, 2.45) is 4.99 Å². The Bertz CT molecular complexity index is 1180. The molecule has 1 aliphatic rings. The molecule has 2 aromatic heterocycles. The highest BCUT2D eigenvalue weighted by Crippen LogP contribution is 2.25. The zero-order chi connectivity index (χ0) is 19.0. The molecule has 138 valence electrons. The van der Waals surface area contributed by atoms with E-state index in [0.717, 1.165) is 11.3 Å². The van der Waals surface area contributed by atoms with Gasteiger partial charge in [-0.2, -0.15) is 0 Å². The van der Waals surface area contributed by atoms with Crippen LogP contribution < -0.4 is 5.32 Å². The molecular weight excluding hydrogens is 364 g/mol. The monoisotopic (exact) mass is 382 g/mol. The van der Waals surface area contributed by atoms with Crippen LogP contribution in [0.25, 0.3) is 11.2 Å². The van der Waals surface area contributed by atoms with Crippen molar-refractivity contribution in [2.45, 2.75) is 4.90 Å². The second-order valence-corrected chi connectivity index (χ2v) is 8.36. The van der Waals surface area contributed by atoms with Crippen LogP contribution in [0.5, 0.6) is 0 Å². The van der Waals surface area contributed by atoms with Crippen LogP contribution in [0.4, 0.5) is 11.5 Å². The Morgan fingerprint density at radius 2 is 2.07 bits per heavy atom. The first-order chi connectivity index (χ1) is 13.0. The van der Waals surface area contributed by atoms with Crippen molar-refractivity contribution in [1.29, 1.82) is 0 Å². The zero-order valence-corrected chi connectivity index (χ0v) is 15.7. The molecule has 9 heteroatoms. The highest BCUT2D eigenvalue weighted by atomic mass is 32.2. The van der Waals surface area contributed by atoms with Crippen LogP contribution in [0.2, 0.25) is 0 Å². The first-order valence-corrected chi connectivity index (χ1v) is 9.73. The van der Waals surface area contributed by atoms with Crippen LogP contribution >= 0.6 is 0 Å². The number of rotatable bonds is 5. The van der Waals surface area contributed by atoms with Crippen molar-refractivity contribution in [3.8, 4) is 0 Å². The maximum atomic E-state index is 12.3. The predicted octanol–water partition coefficient (Wildman–Crippen LogP) is 2.19. The van der Waals surface area contributed by atoms with Gasteiger partial charge in [-0.3, -0.25) is 9.39 Å². The molecule has 1 aliphatic heterocycles. The van der Waals surface area contributed by atoms with Gasteiger partial charge in [0.2, 0.25) is 10.0 Å². The molecule has 0 bridgehead atoms. The van der Waals surface area contributed by atoms with Gasteiger partial charge in [-0.1, -0.05) is 12.1 Å². The summed E-state index contributed by atoms with van der Waals surface area (Å²) in [5, 5.41) is 3.17. The minimum absolute atomic E-state index is 0.209. The minimum atomic E-state index is -3.51. The fraction of sp³-hybridized carbons (Fsp3) is 0.167. The number of sulfonamides is 1. The summed E-state index contributed by atoms with van der Waals surface area (Å²) in [6.07, 6.45) is 9.15. The molecule has 0 unspecified atom stereocenters. The lowest BCUT2D eigenvalue weighted by Crippen LogP contribution is -2.22. The topological polar surface area (TPSA) is 92.0 Å². The Balaban J connectivity index is 1.72. The molecule has 0 atom stereocenters. The second kappa shape index (κ2) is 6.60. The molecule has 0 amide bonds. The molecule has 0 radical (unpaired) electrons. The average Bonchev–Trinajstić information content (AvgIpc) is 3.31. The van der Waals surface area contributed by atoms with E-state index < -0.39 is 10.0 Å². The highest BCUT2D eigenvalue weighted by Gasteiger charge is 2.18. The quantitative estimate of drug-likeness (QED) is 0.730. The summed E-state index contributed by atoms with van der Waals surface area (Å²) in [5.41, 5.74) is 3.21. The number of anilines is 2. The van der Waals surface area contributed by atoms with Gasteiger partial charge in [0.15, 0.2) is 11.5 Å². The zero-order valence-electron chi connectivity index (χ0n) is 14.9. The molecule has 0 aliphatic carbocycles. The van der Waals surface area contributed by atoms with Crippen LogP contribution in [0.3, 0.4) is 0 Å². The maximum absolute atomic E-state index is 12.3. The van der Waals surface area contributed by atoms with Gasteiger partial charge in [0.05, 0.1) is 23.3 Å². The fourth-order valence-corrected chi connectivity index (χ4v) is 3.78. The number of nitrogens with one attached hydrogen (secondary N) is 1. The van der Waals surface area contributed by atoms with Gasteiger partial charge < -0.3 is 5.32 Å². The molecule has 1 aromatic carbocycles. The van der Waals surface area contributed by atoms with E-state index in [-0.39, 0.29) is 4.90 Å². The number of benzene rings is 1. The van der Waals surface area contributed by atoms with E-state index >= 15 is 0 Å². The van der Waals surface area contributed by atoms with Crippen molar-refractivity contribution < 1.29 is 8.42 Å². The third-order valence-electron chi connectivity index (χ3n) is 4.25. The van der Waals surface area contributed by atoms with Crippen molar-refractivity contribution in [3.05, 3.63) is 54.6 Å². The average molecular weight is 382 g/mol. The van der Waals surface area contributed by atoms with Gasteiger partial charge in [-0.15, -0.1) is 0 Å². The molecule has 0 fully saturated rings. The van der Waals surface area contributed by atoms with E-state index in [2.05, 4.69) is 20.3 Å². The van der Waals surface area contributed by atoms with Gasteiger partial charge in [0.25, 0.3) is 0 Å². The number of nitrogens with zero attached hydrogens (tertiary/aromatic N) is 5. The predicted molar refractivity (Wildman–Crippen MR) is 105 cm³/mol. The number of hydrogen-bond donors (Lipinski definition) is 1. The smallest absolute Gasteiger partial charge is 0.242 e. The Hall–Kier alpha value is -3.04. The third-order valence-corrected chi connectivity index (χ3v) is 6.06. The van der Waals surface area contributed by atoms with Crippen molar-refractivity contribution in [1.82, 2.24) is 18.7 Å². The van der Waals surface area contributed by atoms with Gasteiger partial charge in [-0.25, -0.2) is 22.7 Å². The first kappa shape index (κ1) is 17.4. The normalized spacial score (nSPS) is 14.1. The van der Waals surface area contributed by atoms with Crippen molar-refractivity contribution >= 4 is 39.0 Å². The number of aromatic nitrogens is 3. The SMILES string of the molecule is CN(C)S(=O)(=O)c1cccc(Nc2nccn3c(C4=CCN=C4)cnc23)c1. The Labute approximate surface area is 157 Å². The van der Waals surface area contributed by atoms with Crippen LogP contribution in [0.1, 0.15) is 5.69 Å². The molecule has 0 saturated carbocycles. The number of fused-ring (bicyclic) bond motifs is 1. The molecule has 1 N–H and O–H groups in total. The largest absolute Gasteiger partial charge is 0.337 e. The van der Waals surface area contributed by atoms with Gasteiger partial charge in [0.1, 0.15) is 0 Å². The molecule has 3 heterocycles. The lowest BCUT2D eigenvalue weighted by molar-refractivity contribution is 0.521. The van der Waals surface area contributed by atoms with E-state index in [1.165, 1.54) is 18.4 Å². The summed E-state index contributed by atoms with van der Waals surface area (Å²) < 4.78 is 27.8. The molecule has 4 rings (SSSR count). The molecule has 0 spiro atoms. The summed E-state index contributed by atoms with van der Waals surface area (Å²) >= 11 is 0. The lowest BCUT2D eigenvalue weighted by atomic mass is 10.2. The van der Waals surface area contributed by atoms with Crippen LogP contribution in [0, 0.1) is 0 Å².